The Kier molecular flexibility index (Phi) is 7.18. The third-order valence-electron chi connectivity index (χ3n) is 4.74. The number of rotatable bonds is 7. The number of nitrogens with one attached hydrogen (secondary N) is 1. The van der Waals surface area contributed by atoms with Crippen molar-refractivity contribution in [3.8, 4) is 5.75 Å². The summed E-state index contributed by atoms with van der Waals surface area (Å²) >= 11 is 18.1. The molecule has 1 amide bonds. The van der Waals surface area contributed by atoms with Gasteiger partial charge in [0.25, 0.3) is 5.91 Å². The maximum atomic E-state index is 13.2. The van der Waals surface area contributed by atoms with Gasteiger partial charge in [-0.3, -0.25) is 9.48 Å². The summed E-state index contributed by atoms with van der Waals surface area (Å²) in [6.45, 7) is 0.642. The number of benzene rings is 3. The molecule has 33 heavy (non-hydrogen) atoms. The van der Waals surface area contributed by atoms with Gasteiger partial charge in [0.2, 0.25) is 0 Å². The zero-order valence-electron chi connectivity index (χ0n) is 17.1. The Balaban J connectivity index is 1.34. The van der Waals surface area contributed by atoms with Crippen LogP contribution in [0.5, 0.6) is 5.75 Å². The van der Waals surface area contributed by atoms with Crippen molar-refractivity contribution in [2.45, 2.75) is 13.2 Å². The van der Waals surface area contributed by atoms with Crippen molar-refractivity contribution in [2.75, 3.05) is 5.32 Å². The molecule has 9 heteroatoms. The van der Waals surface area contributed by atoms with E-state index in [-0.39, 0.29) is 5.91 Å². The maximum Gasteiger partial charge on any atom is 0.255 e. The van der Waals surface area contributed by atoms with Gasteiger partial charge in [0, 0.05) is 21.8 Å². The van der Waals surface area contributed by atoms with Crippen LogP contribution in [0.3, 0.4) is 0 Å². The topological polar surface area (TPSA) is 56.2 Å². The number of aromatic nitrogens is 2. The molecule has 4 rings (SSSR count). The van der Waals surface area contributed by atoms with Gasteiger partial charge in [0.15, 0.2) is 0 Å². The zero-order chi connectivity index (χ0) is 23.4. The van der Waals surface area contributed by atoms with Gasteiger partial charge in [-0.05, 0) is 53.6 Å². The van der Waals surface area contributed by atoms with E-state index in [4.69, 9.17) is 39.5 Å². The van der Waals surface area contributed by atoms with E-state index >= 15 is 0 Å². The van der Waals surface area contributed by atoms with Gasteiger partial charge in [0.1, 0.15) is 18.2 Å². The van der Waals surface area contributed by atoms with E-state index in [9.17, 15) is 9.18 Å². The zero-order valence-corrected chi connectivity index (χ0v) is 19.3. The van der Waals surface area contributed by atoms with E-state index in [1.54, 1.807) is 59.4 Å². The Labute approximate surface area is 204 Å². The molecule has 3 aromatic carbocycles. The van der Waals surface area contributed by atoms with Gasteiger partial charge in [-0.25, -0.2) is 4.39 Å². The van der Waals surface area contributed by atoms with Crippen molar-refractivity contribution in [2.24, 2.45) is 0 Å². The first-order chi connectivity index (χ1) is 15.9. The molecule has 1 heterocycles. The van der Waals surface area contributed by atoms with Crippen LogP contribution in [0.25, 0.3) is 0 Å². The number of carbonyl (C=O) groups is 1. The van der Waals surface area contributed by atoms with E-state index in [1.807, 2.05) is 0 Å². The summed E-state index contributed by atoms with van der Waals surface area (Å²) in [5.41, 5.74) is 2.61. The molecule has 0 aliphatic heterocycles. The predicted octanol–water partition coefficient (Wildman–Crippen LogP) is 6.86. The molecule has 0 aliphatic rings. The number of nitrogens with zero attached hydrogens (tertiary/aromatic N) is 2. The highest BCUT2D eigenvalue weighted by Crippen LogP contribution is 2.28. The lowest BCUT2D eigenvalue weighted by atomic mass is 10.1. The molecule has 0 saturated carbocycles. The van der Waals surface area contributed by atoms with Gasteiger partial charge < -0.3 is 10.1 Å². The van der Waals surface area contributed by atoms with Crippen LogP contribution < -0.4 is 10.1 Å². The normalized spacial score (nSPS) is 10.8. The molecule has 168 valence electrons. The Morgan fingerprint density at radius 3 is 2.52 bits per heavy atom. The summed E-state index contributed by atoms with van der Waals surface area (Å²) in [5.74, 6) is -0.145. The molecule has 0 radical (unpaired) electrons. The van der Waals surface area contributed by atoms with Gasteiger partial charge in [-0.2, -0.15) is 5.10 Å². The molecule has 1 N–H and O–H groups in total. The third kappa shape index (κ3) is 6.05. The number of halogens is 4. The number of anilines is 1. The summed E-state index contributed by atoms with van der Waals surface area (Å²) in [5, 5.41) is 8.30. The third-order valence-corrected chi connectivity index (χ3v) is 5.63. The van der Waals surface area contributed by atoms with Crippen molar-refractivity contribution in [3.63, 3.8) is 0 Å². The fourth-order valence-electron chi connectivity index (χ4n) is 3.05. The highest BCUT2D eigenvalue weighted by molar-refractivity contribution is 6.35. The maximum absolute atomic E-state index is 13.2. The predicted molar refractivity (Wildman–Crippen MR) is 128 cm³/mol. The van der Waals surface area contributed by atoms with Gasteiger partial charge in [-0.1, -0.05) is 53.0 Å². The first-order valence-electron chi connectivity index (χ1n) is 9.82. The largest absolute Gasteiger partial charge is 0.487 e. The van der Waals surface area contributed by atoms with Crippen LogP contribution in [-0.2, 0) is 13.2 Å². The summed E-state index contributed by atoms with van der Waals surface area (Å²) < 4.78 is 20.5. The summed E-state index contributed by atoms with van der Waals surface area (Å²) in [6, 6.07) is 16.2. The van der Waals surface area contributed by atoms with Crippen LogP contribution in [0.2, 0.25) is 15.1 Å². The van der Waals surface area contributed by atoms with E-state index < -0.39 is 5.82 Å². The molecule has 1 aromatic heterocycles. The van der Waals surface area contributed by atoms with Crippen molar-refractivity contribution in [3.05, 3.63) is 111 Å². The first kappa shape index (κ1) is 23.1. The molecule has 4 aromatic rings. The average molecular weight is 505 g/mol. The minimum absolute atomic E-state index is 0.275. The van der Waals surface area contributed by atoms with Gasteiger partial charge in [0.05, 0.1) is 23.5 Å². The summed E-state index contributed by atoms with van der Waals surface area (Å²) in [6.07, 6.45) is 3.21. The summed E-state index contributed by atoms with van der Waals surface area (Å²) in [4.78, 5) is 12.6. The fourth-order valence-corrected chi connectivity index (χ4v) is 3.74. The van der Waals surface area contributed by atoms with Crippen molar-refractivity contribution < 1.29 is 13.9 Å². The molecular weight excluding hydrogens is 488 g/mol. The Bertz CT molecular complexity index is 1290. The molecule has 0 fully saturated rings. The lowest BCUT2D eigenvalue weighted by Crippen LogP contribution is -2.11. The van der Waals surface area contributed by atoms with Crippen molar-refractivity contribution in [1.82, 2.24) is 9.78 Å². The number of amides is 1. The Hall–Kier alpha value is -3.06. The summed E-state index contributed by atoms with van der Waals surface area (Å²) in [7, 11) is 0. The highest BCUT2D eigenvalue weighted by atomic mass is 35.5. The second kappa shape index (κ2) is 10.3. The fraction of sp³-hybridized carbons (Fsp3) is 0.0833. The molecule has 0 saturated heterocycles. The van der Waals surface area contributed by atoms with E-state index in [0.717, 1.165) is 11.1 Å². The van der Waals surface area contributed by atoms with Crippen LogP contribution in [0, 0.1) is 5.82 Å². The smallest absolute Gasteiger partial charge is 0.255 e. The lowest BCUT2D eigenvalue weighted by molar-refractivity contribution is 0.102. The van der Waals surface area contributed by atoms with E-state index in [0.29, 0.717) is 45.2 Å². The average Bonchev–Trinajstić information content (AvgIpc) is 3.22. The first-order valence-corrected chi connectivity index (χ1v) is 11.0. The lowest BCUT2D eigenvalue weighted by Gasteiger charge is -2.09. The number of ether oxygens (including phenoxy) is 1. The highest BCUT2D eigenvalue weighted by Gasteiger charge is 2.10. The van der Waals surface area contributed by atoms with Gasteiger partial charge >= 0.3 is 0 Å². The van der Waals surface area contributed by atoms with Crippen LogP contribution in [-0.4, -0.2) is 15.7 Å². The van der Waals surface area contributed by atoms with Crippen LogP contribution in [0.4, 0.5) is 10.1 Å². The Morgan fingerprint density at radius 2 is 1.79 bits per heavy atom. The van der Waals surface area contributed by atoms with Crippen LogP contribution in [0.15, 0.2) is 73.1 Å². The number of hydrogen-bond donors (Lipinski definition) is 1. The molecule has 0 unspecified atom stereocenters. The molecule has 0 aliphatic carbocycles. The van der Waals surface area contributed by atoms with E-state index in [2.05, 4.69) is 10.4 Å². The number of carbonyl (C=O) groups excluding carboxylic acids is 1. The number of hydrogen-bond acceptors (Lipinski definition) is 3. The minimum Gasteiger partial charge on any atom is -0.487 e. The minimum atomic E-state index is -0.400. The van der Waals surface area contributed by atoms with Crippen LogP contribution in [0.1, 0.15) is 21.5 Å². The van der Waals surface area contributed by atoms with Crippen molar-refractivity contribution >= 4 is 46.4 Å². The molecule has 5 nitrogen and oxygen atoms in total. The quantitative estimate of drug-likeness (QED) is 0.299. The SMILES string of the molecule is O=C(Nc1cnn(Cc2ccc(F)cc2Cl)c1)c1ccc(COc2ccc(Cl)cc2Cl)cc1. The van der Waals surface area contributed by atoms with Crippen molar-refractivity contribution in [1.29, 1.82) is 0 Å². The Morgan fingerprint density at radius 1 is 1.00 bits per heavy atom. The molecule has 0 atom stereocenters. The molecule has 0 bridgehead atoms. The van der Waals surface area contributed by atoms with Crippen LogP contribution >= 0.6 is 34.8 Å². The second-order valence-electron chi connectivity index (χ2n) is 7.18. The monoisotopic (exact) mass is 503 g/mol. The molecular formula is C24H17Cl3FN3O2. The molecule has 0 spiro atoms. The van der Waals surface area contributed by atoms with Gasteiger partial charge in [-0.15, -0.1) is 0 Å². The second-order valence-corrected chi connectivity index (χ2v) is 8.43. The van der Waals surface area contributed by atoms with E-state index in [1.165, 1.54) is 18.3 Å². The standard InChI is InChI=1S/C24H17Cl3FN3O2/c25-18-6-8-23(22(27)9-18)33-14-15-1-3-16(4-2-15)24(32)30-20-11-29-31(13-20)12-17-5-7-19(28)10-21(17)26/h1-11,13H,12,14H2,(H,30,32).